The van der Waals surface area contributed by atoms with Crippen molar-refractivity contribution in [2.75, 3.05) is 11.4 Å². The van der Waals surface area contributed by atoms with Gasteiger partial charge in [0.25, 0.3) is 0 Å². The van der Waals surface area contributed by atoms with Crippen molar-refractivity contribution >= 4 is 23.0 Å². The number of hydrogen-bond acceptors (Lipinski definition) is 2. The molecule has 0 bridgehead atoms. The van der Waals surface area contributed by atoms with Crippen molar-refractivity contribution in [3.05, 3.63) is 58.4 Å². The summed E-state index contributed by atoms with van der Waals surface area (Å²) in [6, 6.07) is 10.9. The van der Waals surface area contributed by atoms with Gasteiger partial charge in [0.2, 0.25) is 0 Å². The lowest BCUT2D eigenvalue weighted by Crippen LogP contribution is -2.21. The van der Waals surface area contributed by atoms with E-state index >= 15 is 0 Å². The summed E-state index contributed by atoms with van der Waals surface area (Å²) in [5.74, 6) is -0.221. The zero-order valence-corrected chi connectivity index (χ0v) is 12.7. The van der Waals surface area contributed by atoms with Gasteiger partial charge in [-0.1, -0.05) is 29.8 Å². The lowest BCUT2D eigenvalue weighted by molar-refractivity contribution is 0.628. The van der Waals surface area contributed by atoms with Crippen LogP contribution in [-0.2, 0) is 12.8 Å². The molecule has 0 saturated heterocycles. The molecule has 0 amide bonds. The third kappa shape index (κ3) is 2.76. The second-order valence-corrected chi connectivity index (χ2v) is 6.01. The largest absolute Gasteiger partial charge is 0.339 e. The Morgan fingerprint density at radius 2 is 2.14 bits per heavy atom. The summed E-state index contributed by atoms with van der Waals surface area (Å²) in [6.07, 6.45) is 1.65. The summed E-state index contributed by atoms with van der Waals surface area (Å²) in [4.78, 5) is 2.11. The fraction of sp³-hybridized carbons (Fsp3) is 0.294. The van der Waals surface area contributed by atoms with Crippen LogP contribution >= 0.6 is 11.6 Å². The van der Waals surface area contributed by atoms with E-state index in [9.17, 15) is 4.39 Å². The first-order chi connectivity index (χ1) is 10.1. The van der Waals surface area contributed by atoms with Crippen molar-refractivity contribution in [2.45, 2.75) is 25.8 Å². The Bertz CT molecular complexity index is 670. The number of para-hydroxylation sites is 1. The molecule has 0 aliphatic carbocycles. The van der Waals surface area contributed by atoms with Gasteiger partial charge in [-0.2, -0.15) is 0 Å². The van der Waals surface area contributed by atoms with Crippen molar-refractivity contribution < 1.29 is 4.39 Å². The zero-order valence-electron chi connectivity index (χ0n) is 11.9. The lowest BCUT2D eigenvalue weighted by atomic mass is 10.0. The van der Waals surface area contributed by atoms with E-state index in [4.69, 9.17) is 17.3 Å². The highest BCUT2D eigenvalue weighted by Gasteiger charge is 2.24. The smallest absolute Gasteiger partial charge is 0.125 e. The number of benzene rings is 2. The van der Waals surface area contributed by atoms with Crippen LogP contribution in [0.15, 0.2) is 36.4 Å². The first-order valence-electron chi connectivity index (χ1n) is 7.15. The van der Waals surface area contributed by atoms with Gasteiger partial charge in [0.05, 0.1) is 10.7 Å². The molecule has 0 radical (unpaired) electrons. The molecular formula is C17H18ClFN2. The number of nitrogens with two attached hydrogens (primary N) is 1. The first-order valence-corrected chi connectivity index (χ1v) is 7.53. The standard InChI is InChI=1S/C17H18ClFN2/c1-11(20)9-13-3-2-4-15(18)17(13)21-8-7-12-5-6-14(19)10-16(12)21/h2-6,10-11H,7-9,20H2,1H3. The maximum Gasteiger partial charge on any atom is 0.125 e. The molecular weight excluding hydrogens is 287 g/mol. The molecule has 3 rings (SSSR count). The van der Waals surface area contributed by atoms with Gasteiger partial charge in [-0.25, -0.2) is 4.39 Å². The molecule has 0 spiro atoms. The average Bonchev–Trinajstić information content (AvgIpc) is 2.81. The predicted molar refractivity (Wildman–Crippen MR) is 85.9 cm³/mol. The molecule has 1 aliphatic rings. The van der Waals surface area contributed by atoms with Crippen LogP contribution in [0.4, 0.5) is 15.8 Å². The maximum atomic E-state index is 13.6. The quantitative estimate of drug-likeness (QED) is 0.926. The second-order valence-electron chi connectivity index (χ2n) is 5.60. The minimum absolute atomic E-state index is 0.0526. The predicted octanol–water partition coefficient (Wildman–Crippen LogP) is 4.06. The average molecular weight is 305 g/mol. The summed E-state index contributed by atoms with van der Waals surface area (Å²) in [5, 5.41) is 0.685. The van der Waals surface area contributed by atoms with Crippen molar-refractivity contribution in [2.24, 2.45) is 5.73 Å². The van der Waals surface area contributed by atoms with Crippen LogP contribution in [0.3, 0.4) is 0 Å². The van der Waals surface area contributed by atoms with Crippen LogP contribution in [-0.4, -0.2) is 12.6 Å². The van der Waals surface area contributed by atoms with Crippen LogP contribution in [0, 0.1) is 5.82 Å². The Labute approximate surface area is 129 Å². The van der Waals surface area contributed by atoms with Gasteiger partial charge in [-0.05, 0) is 49.1 Å². The number of anilines is 2. The van der Waals surface area contributed by atoms with Crippen LogP contribution < -0.4 is 10.6 Å². The van der Waals surface area contributed by atoms with Crippen molar-refractivity contribution in [3.8, 4) is 0 Å². The minimum atomic E-state index is -0.221. The summed E-state index contributed by atoms with van der Waals surface area (Å²) in [5.41, 5.74) is 10.1. The van der Waals surface area contributed by atoms with Gasteiger partial charge in [0.15, 0.2) is 0 Å². The molecule has 0 fully saturated rings. The van der Waals surface area contributed by atoms with Crippen LogP contribution in [0.2, 0.25) is 5.02 Å². The summed E-state index contributed by atoms with van der Waals surface area (Å²) < 4.78 is 13.6. The lowest BCUT2D eigenvalue weighted by Gasteiger charge is -2.25. The third-order valence-corrected chi connectivity index (χ3v) is 4.13. The molecule has 21 heavy (non-hydrogen) atoms. The van der Waals surface area contributed by atoms with E-state index in [0.717, 1.165) is 41.9 Å². The Morgan fingerprint density at radius 3 is 2.90 bits per heavy atom. The zero-order chi connectivity index (χ0) is 15.0. The van der Waals surface area contributed by atoms with Crippen molar-refractivity contribution in [1.82, 2.24) is 0 Å². The molecule has 4 heteroatoms. The van der Waals surface area contributed by atoms with Gasteiger partial charge < -0.3 is 10.6 Å². The topological polar surface area (TPSA) is 29.3 Å². The normalized spacial score (nSPS) is 15.1. The molecule has 2 aromatic rings. The molecule has 1 unspecified atom stereocenters. The van der Waals surface area contributed by atoms with Gasteiger partial charge in [-0.15, -0.1) is 0 Å². The molecule has 1 atom stereocenters. The first kappa shape index (κ1) is 14.4. The molecule has 0 aromatic heterocycles. The number of hydrogen-bond donors (Lipinski definition) is 1. The third-order valence-electron chi connectivity index (χ3n) is 3.83. The highest BCUT2D eigenvalue weighted by Crippen LogP contribution is 2.40. The van der Waals surface area contributed by atoms with Gasteiger partial charge in [-0.3, -0.25) is 0 Å². The van der Waals surface area contributed by atoms with Gasteiger partial charge in [0, 0.05) is 18.3 Å². The molecule has 2 nitrogen and oxygen atoms in total. The Kier molecular flexibility index (Phi) is 3.87. The Morgan fingerprint density at radius 1 is 1.33 bits per heavy atom. The molecule has 1 aliphatic heterocycles. The van der Waals surface area contributed by atoms with E-state index in [1.54, 1.807) is 6.07 Å². The molecule has 1 heterocycles. The number of nitrogens with zero attached hydrogens (tertiary/aromatic N) is 1. The highest BCUT2D eigenvalue weighted by molar-refractivity contribution is 6.33. The Balaban J connectivity index is 2.08. The van der Waals surface area contributed by atoms with E-state index in [0.29, 0.717) is 5.02 Å². The van der Waals surface area contributed by atoms with Gasteiger partial charge in [0.1, 0.15) is 5.82 Å². The minimum Gasteiger partial charge on any atom is -0.339 e. The molecule has 2 N–H and O–H groups in total. The van der Waals surface area contributed by atoms with Crippen LogP contribution in [0.1, 0.15) is 18.1 Å². The number of halogens is 2. The highest BCUT2D eigenvalue weighted by atomic mass is 35.5. The maximum absolute atomic E-state index is 13.6. The van der Waals surface area contributed by atoms with E-state index in [2.05, 4.69) is 4.90 Å². The van der Waals surface area contributed by atoms with Crippen molar-refractivity contribution in [1.29, 1.82) is 0 Å². The SMILES string of the molecule is CC(N)Cc1cccc(Cl)c1N1CCc2ccc(F)cc21. The van der Waals surface area contributed by atoms with E-state index in [-0.39, 0.29) is 11.9 Å². The molecule has 2 aromatic carbocycles. The number of rotatable bonds is 3. The van der Waals surface area contributed by atoms with E-state index in [1.807, 2.05) is 31.2 Å². The van der Waals surface area contributed by atoms with Crippen LogP contribution in [0.5, 0.6) is 0 Å². The van der Waals surface area contributed by atoms with E-state index < -0.39 is 0 Å². The number of fused-ring (bicyclic) bond motifs is 1. The summed E-state index contributed by atoms with van der Waals surface area (Å²) in [7, 11) is 0. The Hall–Kier alpha value is -1.58. The van der Waals surface area contributed by atoms with Gasteiger partial charge >= 0.3 is 0 Å². The second kappa shape index (κ2) is 5.66. The fourth-order valence-electron chi connectivity index (χ4n) is 2.96. The molecule has 110 valence electrons. The summed E-state index contributed by atoms with van der Waals surface area (Å²) >= 11 is 6.42. The monoisotopic (exact) mass is 304 g/mol. The summed E-state index contributed by atoms with van der Waals surface area (Å²) in [6.45, 7) is 2.79. The van der Waals surface area contributed by atoms with Crippen molar-refractivity contribution in [3.63, 3.8) is 0 Å². The van der Waals surface area contributed by atoms with E-state index in [1.165, 1.54) is 6.07 Å². The molecule has 0 saturated carbocycles. The van der Waals surface area contributed by atoms with Crippen LogP contribution in [0.25, 0.3) is 0 Å². The fourth-order valence-corrected chi connectivity index (χ4v) is 3.25.